The summed E-state index contributed by atoms with van der Waals surface area (Å²) in [5.74, 6) is 0.771. The zero-order valence-corrected chi connectivity index (χ0v) is 8.03. The van der Waals surface area contributed by atoms with Gasteiger partial charge < -0.3 is 15.5 Å². The molecule has 4 nitrogen and oxygen atoms in total. The summed E-state index contributed by atoms with van der Waals surface area (Å²) < 4.78 is 4.97. The van der Waals surface area contributed by atoms with Crippen LogP contribution in [-0.4, -0.2) is 23.7 Å². The van der Waals surface area contributed by atoms with Gasteiger partial charge in [-0.25, -0.2) is 4.98 Å². The normalized spacial score (nSPS) is 13.3. The summed E-state index contributed by atoms with van der Waals surface area (Å²) in [5.41, 5.74) is 7.80. The number of hydrogen-bond acceptors (Lipinski definition) is 3. The second kappa shape index (κ2) is 3.77. The van der Waals surface area contributed by atoms with E-state index in [0.717, 1.165) is 16.9 Å². The fourth-order valence-corrected chi connectivity index (χ4v) is 1.41. The maximum absolute atomic E-state index is 5.85. The Bertz CT molecular complexity index is 391. The summed E-state index contributed by atoms with van der Waals surface area (Å²) in [6, 6.07) is 7.66. The fourth-order valence-electron chi connectivity index (χ4n) is 1.41. The van der Waals surface area contributed by atoms with Crippen molar-refractivity contribution >= 4 is 11.0 Å². The van der Waals surface area contributed by atoms with Gasteiger partial charge in [0, 0.05) is 7.11 Å². The van der Waals surface area contributed by atoms with E-state index in [2.05, 4.69) is 9.97 Å². The van der Waals surface area contributed by atoms with Crippen molar-refractivity contribution in [3.05, 3.63) is 30.1 Å². The first-order valence-electron chi connectivity index (χ1n) is 4.50. The Morgan fingerprint density at radius 2 is 2.29 bits per heavy atom. The SMILES string of the molecule is COCC(N)c1nc2ccccc2[nH]1. The van der Waals surface area contributed by atoms with Crippen LogP contribution in [0.4, 0.5) is 0 Å². The van der Waals surface area contributed by atoms with E-state index in [4.69, 9.17) is 10.5 Å². The maximum Gasteiger partial charge on any atom is 0.126 e. The Labute approximate surface area is 82.1 Å². The fraction of sp³-hybridized carbons (Fsp3) is 0.300. The quantitative estimate of drug-likeness (QED) is 0.766. The standard InChI is InChI=1S/C10H13N3O/c1-14-6-7(11)10-12-8-4-2-3-5-9(8)13-10/h2-5,7H,6,11H2,1H3,(H,12,13). The number of methoxy groups -OCH3 is 1. The summed E-state index contributed by atoms with van der Waals surface area (Å²) in [4.78, 5) is 7.53. The molecule has 3 N–H and O–H groups in total. The number of nitrogens with two attached hydrogens (primary N) is 1. The van der Waals surface area contributed by atoms with Crippen LogP contribution in [-0.2, 0) is 4.74 Å². The van der Waals surface area contributed by atoms with Crippen LogP contribution in [0.2, 0.25) is 0 Å². The number of para-hydroxylation sites is 2. The summed E-state index contributed by atoms with van der Waals surface area (Å²) in [7, 11) is 1.63. The van der Waals surface area contributed by atoms with Gasteiger partial charge in [-0.15, -0.1) is 0 Å². The molecule has 14 heavy (non-hydrogen) atoms. The maximum atomic E-state index is 5.85. The van der Waals surface area contributed by atoms with E-state index in [0.29, 0.717) is 6.61 Å². The van der Waals surface area contributed by atoms with Gasteiger partial charge in [0.1, 0.15) is 5.82 Å². The highest BCUT2D eigenvalue weighted by Gasteiger charge is 2.09. The van der Waals surface area contributed by atoms with E-state index in [1.54, 1.807) is 7.11 Å². The number of benzene rings is 1. The van der Waals surface area contributed by atoms with Crippen molar-refractivity contribution < 1.29 is 4.74 Å². The summed E-state index contributed by atoms with van der Waals surface area (Å²) in [6.45, 7) is 0.472. The van der Waals surface area contributed by atoms with Gasteiger partial charge in [0.25, 0.3) is 0 Å². The molecule has 2 rings (SSSR count). The van der Waals surface area contributed by atoms with Gasteiger partial charge in [-0.3, -0.25) is 0 Å². The molecule has 1 atom stereocenters. The zero-order valence-electron chi connectivity index (χ0n) is 8.03. The first-order chi connectivity index (χ1) is 6.81. The van der Waals surface area contributed by atoms with E-state index in [1.807, 2.05) is 24.3 Å². The van der Waals surface area contributed by atoms with Crippen LogP contribution >= 0.6 is 0 Å². The molecule has 2 aromatic rings. The average Bonchev–Trinajstić information content (AvgIpc) is 2.61. The Balaban J connectivity index is 2.35. The Morgan fingerprint density at radius 3 is 3.00 bits per heavy atom. The van der Waals surface area contributed by atoms with Gasteiger partial charge >= 0.3 is 0 Å². The lowest BCUT2D eigenvalue weighted by Crippen LogP contribution is -2.17. The largest absolute Gasteiger partial charge is 0.383 e. The third-order valence-electron chi connectivity index (χ3n) is 2.11. The number of ether oxygens (including phenoxy) is 1. The van der Waals surface area contributed by atoms with E-state index >= 15 is 0 Å². The summed E-state index contributed by atoms with van der Waals surface area (Å²) in [5, 5.41) is 0. The topological polar surface area (TPSA) is 63.9 Å². The molecule has 0 aliphatic carbocycles. The highest BCUT2D eigenvalue weighted by Crippen LogP contribution is 2.14. The summed E-state index contributed by atoms with van der Waals surface area (Å²) in [6.07, 6.45) is 0. The molecule has 0 saturated carbocycles. The third-order valence-corrected chi connectivity index (χ3v) is 2.11. The highest BCUT2D eigenvalue weighted by molar-refractivity contribution is 5.74. The molecule has 0 aliphatic heterocycles. The smallest absolute Gasteiger partial charge is 0.126 e. The molecule has 0 bridgehead atoms. The van der Waals surface area contributed by atoms with E-state index in [9.17, 15) is 0 Å². The van der Waals surface area contributed by atoms with Crippen LogP contribution in [0.5, 0.6) is 0 Å². The molecule has 0 fully saturated rings. The lowest BCUT2D eigenvalue weighted by atomic mass is 10.3. The van der Waals surface area contributed by atoms with Crippen molar-refractivity contribution in [1.29, 1.82) is 0 Å². The number of hydrogen-bond donors (Lipinski definition) is 2. The minimum absolute atomic E-state index is 0.188. The molecule has 1 heterocycles. The number of nitrogens with zero attached hydrogens (tertiary/aromatic N) is 1. The van der Waals surface area contributed by atoms with Crippen molar-refractivity contribution in [2.45, 2.75) is 6.04 Å². The molecule has 0 saturated heterocycles. The van der Waals surface area contributed by atoms with E-state index in [-0.39, 0.29) is 6.04 Å². The Kier molecular flexibility index (Phi) is 2.47. The van der Waals surface area contributed by atoms with Crippen molar-refractivity contribution in [1.82, 2.24) is 9.97 Å². The molecule has 1 aromatic heterocycles. The molecule has 0 spiro atoms. The number of nitrogens with one attached hydrogen (secondary N) is 1. The van der Waals surface area contributed by atoms with Crippen molar-refractivity contribution in [2.75, 3.05) is 13.7 Å². The number of aromatic nitrogens is 2. The Hall–Kier alpha value is -1.39. The van der Waals surface area contributed by atoms with Crippen LogP contribution in [0, 0.1) is 0 Å². The van der Waals surface area contributed by atoms with Crippen molar-refractivity contribution in [2.24, 2.45) is 5.73 Å². The molecule has 1 unspecified atom stereocenters. The Morgan fingerprint density at radius 1 is 1.50 bits per heavy atom. The molecule has 1 aromatic carbocycles. The average molecular weight is 191 g/mol. The third kappa shape index (κ3) is 1.62. The number of rotatable bonds is 3. The van der Waals surface area contributed by atoms with Gasteiger partial charge in [-0.1, -0.05) is 12.1 Å². The molecule has 74 valence electrons. The lowest BCUT2D eigenvalue weighted by molar-refractivity contribution is 0.178. The predicted molar refractivity (Wildman–Crippen MR) is 54.9 cm³/mol. The second-order valence-electron chi connectivity index (χ2n) is 3.20. The molecule has 0 radical (unpaired) electrons. The molecule has 4 heteroatoms. The molecular formula is C10H13N3O. The minimum atomic E-state index is -0.188. The number of H-pyrrole nitrogens is 1. The van der Waals surface area contributed by atoms with Crippen molar-refractivity contribution in [3.63, 3.8) is 0 Å². The number of fused-ring (bicyclic) bond motifs is 1. The first-order valence-corrected chi connectivity index (χ1v) is 4.50. The van der Waals surface area contributed by atoms with Crippen LogP contribution < -0.4 is 5.73 Å². The first kappa shape index (κ1) is 9.18. The van der Waals surface area contributed by atoms with E-state index in [1.165, 1.54) is 0 Å². The number of aromatic amines is 1. The lowest BCUT2D eigenvalue weighted by Gasteiger charge is -2.05. The molecule has 0 aliphatic rings. The van der Waals surface area contributed by atoms with Crippen LogP contribution in [0.25, 0.3) is 11.0 Å². The van der Waals surface area contributed by atoms with Crippen LogP contribution in [0.15, 0.2) is 24.3 Å². The second-order valence-corrected chi connectivity index (χ2v) is 3.20. The van der Waals surface area contributed by atoms with E-state index < -0.39 is 0 Å². The van der Waals surface area contributed by atoms with Gasteiger partial charge in [0.05, 0.1) is 23.7 Å². The highest BCUT2D eigenvalue weighted by atomic mass is 16.5. The van der Waals surface area contributed by atoms with Gasteiger partial charge in [-0.05, 0) is 12.1 Å². The van der Waals surface area contributed by atoms with Gasteiger partial charge in [0.15, 0.2) is 0 Å². The molecular weight excluding hydrogens is 178 g/mol. The summed E-state index contributed by atoms with van der Waals surface area (Å²) >= 11 is 0. The monoisotopic (exact) mass is 191 g/mol. The molecule has 0 amide bonds. The zero-order chi connectivity index (χ0) is 9.97. The minimum Gasteiger partial charge on any atom is -0.383 e. The van der Waals surface area contributed by atoms with Gasteiger partial charge in [-0.2, -0.15) is 0 Å². The van der Waals surface area contributed by atoms with Gasteiger partial charge in [0.2, 0.25) is 0 Å². The number of imidazole rings is 1. The van der Waals surface area contributed by atoms with Crippen molar-refractivity contribution in [3.8, 4) is 0 Å². The van der Waals surface area contributed by atoms with Crippen LogP contribution in [0.3, 0.4) is 0 Å². The van der Waals surface area contributed by atoms with Crippen LogP contribution in [0.1, 0.15) is 11.9 Å². The predicted octanol–water partition coefficient (Wildman–Crippen LogP) is 1.21.